The van der Waals surface area contributed by atoms with E-state index in [-0.39, 0.29) is 11.1 Å². The fraction of sp³-hybridized carbons (Fsp3) is 0. The Morgan fingerprint density at radius 2 is 0.932 bits per heavy atom. The van der Waals surface area contributed by atoms with Crippen LogP contribution in [0.4, 0.5) is 0 Å². The third-order valence-electron chi connectivity index (χ3n) is 8.72. The molecule has 44 heavy (non-hydrogen) atoms. The first-order chi connectivity index (χ1) is 21.6. The van der Waals surface area contributed by atoms with Gasteiger partial charge in [-0.15, -0.1) is 0 Å². The second-order valence-electron chi connectivity index (χ2n) is 11.1. The fourth-order valence-corrected chi connectivity index (χ4v) is 7.06. The maximum Gasteiger partial charge on any atom is 0.263 e. The van der Waals surface area contributed by atoms with Crippen LogP contribution in [-0.4, -0.2) is 13.4 Å². The maximum absolute atomic E-state index is 14.4. The third kappa shape index (κ3) is 3.36. The van der Waals surface area contributed by atoms with E-state index in [9.17, 15) is 9.59 Å². The van der Waals surface area contributed by atoms with Gasteiger partial charge in [0.2, 0.25) is 0 Å². The number of pyridine rings is 2. The van der Waals surface area contributed by atoms with Gasteiger partial charge in [-0.3, -0.25) is 18.4 Å². The van der Waals surface area contributed by atoms with Crippen molar-refractivity contribution >= 4 is 77.0 Å². The van der Waals surface area contributed by atoms with Crippen molar-refractivity contribution in [3.05, 3.63) is 159 Å². The van der Waals surface area contributed by atoms with E-state index in [1.807, 2.05) is 115 Å². The summed E-state index contributed by atoms with van der Waals surface area (Å²) in [5.74, 6) is 0. The standard InChI is InChI=1S/C38H22ClN3O2/c39-36-32-15-8-16-33(36)42-35-22-25(18-20-29(35)27-12-5-7-14-31(27)38(42)44)41-34-21-24(40(32)23-9-2-1-3-10-23)17-19-28(34)26-11-4-6-13-30(26)37(41)43/h1-22H. The largest absolute Gasteiger partial charge is 0.309 e. The van der Waals surface area contributed by atoms with E-state index in [0.717, 1.165) is 38.3 Å². The van der Waals surface area contributed by atoms with E-state index in [2.05, 4.69) is 22.8 Å². The van der Waals surface area contributed by atoms with E-state index in [0.29, 0.717) is 37.9 Å². The molecular weight excluding hydrogens is 566 g/mol. The second kappa shape index (κ2) is 9.17. The van der Waals surface area contributed by atoms with Gasteiger partial charge in [0.1, 0.15) is 0 Å². The molecule has 0 radical (unpaired) electrons. The average Bonchev–Trinajstić information content (AvgIpc) is 3.06. The molecule has 6 heteroatoms. The molecule has 0 aliphatic heterocycles. The highest BCUT2D eigenvalue weighted by atomic mass is 35.5. The Balaban J connectivity index is 1.70. The van der Waals surface area contributed by atoms with Crippen LogP contribution < -0.4 is 11.1 Å². The minimum absolute atomic E-state index is 0.126. The molecule has 0 spiro atoms. The van der Waals surface area contributed by atoms with E-state index >= 15 is 0 Å². The number of hydrogen-bond acceptors (Lipinski definition) is 2. The summed E-state index contributed by atoms with van der Waals surface area (Å²) in [6.45, 7) is 0. The minimum Gasteiger partial charge on any atom is -0.309 e. The van der Waals surface area contributed by atoms with E-state index < -0.39 is 0 Å². The van der Waals surface area contributed by atoms with Crippen LogP contribution in [0, 0.1) is 0 Å². The van der Waals surface area contributed by atoms with Crippen molar-refractivity contribution in [1.82, 2.24) is 13.4 Å². The molecule has 9 aromatic rings. The molecule has 0 saturated carbocycles. The van der Waals surface area contributed by atoms with Crippen LogP contribution in [0.1, 0.15) is 0 Å². The van der Waals surface area contributed by atoms with Crippen molar-refractivity contribution in [2.45, 2.75) is 0 Å². The number of aromatic nitrogens is 3. The summed E-state index contributed by atoms with van der Waals surface area (Å²) in [7, 11) is 0. The smallest absolute Gasteiger partial charge is 0.263 e. The monoisotopic (exact) mass is 587 g/mol. The third-order valence-corrected chi connectivity index (χ3v) is 9.10. The van der Waals surface area contributed by atoms with Crippen molar-refractivity contribution in [3.8, 4) is 5.69 Å². The summed E-state index contributed by atoms with van der Waals surface area (Å²) in [5.41, 5.74) is 4.80. The lowest BCUT2D eigenvalue weighted by molar-refractivity contribution is 1.13. The van der Waals surface area contributed by atoms with Crippen LogP contribution in [0.2, 0.25) is 5.02 Å². The molecule has 5 nitrogen and oxygen atoms in total. The van der Waals surface area contributed by atoms with Crippen LogP contribution >= 0.6 is 11.6 Å². The SMILES string of the molecule is O=c1c2ccccc2c2ccc3cc2n1c1ccc2c4ccccc4c(=O)n(c4cccc(c4Cl)n3-c3ccccc3)c2c1. The quantitative estimate of drug-likeness (QED) is 0.180. The highest BCUT2D eigenvalue weighted by molar-refractivity contribution is 6.37. The molecule has 208 valence electrons. The number of para-hydroxylation sites is 1. The molecule has 6 aromatic carbocycles. The highest BCUT2D eigenvalue weighted by Crippen LogP contribution is 2.32. The van der Waals surface area contributed by atoms with Gasteiger partial charge in [0.25, 0.3) is 11.1 Å². The highest BCUT2D eigenvalue weighted by Gasteiger charge is 2.16. The number of rotatable bonds is 1. The van der Waals surface area contributed by atoms with Crippen LogP contribution in [0.25, 0.3) is 71.1 Å². The first kappa shape index (κ1) is 24.9. The summed E-state index contributed by atoms with van der Waals surface area (Å²) in [6, 6.07) is 43.2. The van der Waals surface area contributed by atoms with Crippen LogP contribution in [-0.2, 0) is 0 Å². The topological polar surface area (TPSA) is 47.9 Å². The van der Waals surface area contributed by atoms with E-state index in [4.69, 9.17) is 11.6 Å². The molecule has 0 saturated heterocycles. The van der Waals surface area contributed by atoms with Gasteiger partial charge < -0.3 is 4.57 Å². The summed E-state index contributed by atoms with van der Waals surface area (Å²) in [4.78, 5) is 28.7. The minimum atomic E-state index is -0.179. The number of nitrogens with zero attached hydrogens (tertiary/aromatic N) is 3. The van der Waals surface area contributed by atoms with Gasteiger partial charge >= 0.3 is 0 Å². The predicted molar refractivity (Wildman–Crippen MR) is 182 cm³/mol. The molecular formula is C38H22ClN3O2. The van der Waals surface area contributed by atoms with E-state index in [1.165, 1.54) is 0 Å². The van der Waals surface area contributed by atoms with Crippen molar-refractivity contribution in [3.63, 3.8) is 0 Å². The van der Waals surface area contributed by atoms with Gasteiger partial charge in [-0.1, -0.05) is 84.4 Å². The molecule has 6 bridgehead atoms. The summed E-state index contributed by atoms with van der Waals surface area (Å²) < 4.78 is 5.54. The first-order valence-corrected chi connectivity index (χ1v) is 14.8. The van der Waals surface area contributed by atoms with Gasteiger partial charge in [0, 0.05) is 32.7 Å². The Labute approximate surface area is 254 Å². The molecule has 0 N–H and O–H groups in total. The van der Waals surface area contributed by atoms with Gasteiger partial charge in [-0.2, -0.15) is 0 Å². The Morgan fingerprint density at radius 3 is 1.61 bits per heavy atom. The Kier molecular flexibility index (Phi) is 5.19. The molecule has 3 aromatic heterocycles. The van der Waals surface area contributed by atoms with Crippen LogP contribution in [0.15, 0.2) is 143 Å². The van der Waals surface area contributed by atoms with Gasteiger partial charge in [0.05, 0.1) is 32.6 Å². The molecule has 0 aliphatic carbocycles. The van der Waals surface area contributed by atoms with Gasteiger partial charge in [-0.05, 0) is 71.4 Å². The van der Waals surface area contributed by atoms with Crippen molar-refractivity contribution in [1.29, 1.82) is 0 Å². The zero-order valence-electron chi connectivity index (χ0n) is 23.2. The lowest BCUT2D eigenvalue weighted by Gasteiger charge is -2.16. The number of halogens is 1. The van der Waals surface area contributed by atoms with E-state index in [1.54, 1.807) is 8.80 Å². The summed E-state index contributed by atoms with van der Waals surface area (Å²) in [6.07, 6.45) is 0. The van der Waals surface area contributed by atoms with Crippen molar-refractivity contribution in [2.24, 2.45) is 0 Å². The molecule has 0 fully saturated rings. The molecule has 9 rings (SSSR count). The van der Waals surface area contributed by atoms with Crippen LogP contribution in [0.5, 0.6) is 0 Å². The lowest BCUT2D eigenvalue weighted by atomic mass is 10.0. The predicted octanol–water partition coefficient (Wildman–Crippen LogP) is 8.68. The molecule has 0 unspecified atom stereocenters. The fourth-order valence-electron chi connectivity index (χ4n) is 6.77. The lowest BCUT2D eigenvalue weighted by Crippen LogP contribution is -2.16. The molecule has 3 heterocycles. The molecule has 0 aliphatic rings. The normalized spacial score (nSPS) is 11.9. The van der Waals surface area contributed by atoms with Crippen LogP contribution in [0.3, 0.4) is 0 Å². The summed E-state index contributed by atoms with van der Waals surface area (Å²) in [5, 5.41) is 5.24. The van der Waals surface area contributed by atoms with Crippen molar-refractivity contribution < 1.29 is 0 Å². The Hall–Kier alpha value is -5.65. The number of benzene rings is 6. The first-order valence-electron chi connectivity index (χ1n) is 14.4. The van der Waals surface area contributed by atoms with Crippen molar-refractivity contribution in [2.75, 3.05) is 0 Å². The Bertz CT molecular complexity index is 2830. The Morgan fingerprint density at radius 1 is 0.409 bits per heavy atom. The second-order valence-corrected chi connectivity index (χ2v) is 11.4. The van der Waals surface area contributed by atoms with Gasteiger partial charge in [-0.25, -0.2) is 0 Å². The number of hydrogen-bond donors (Lipinski definition) is 0. The molecule has 0 amide bonds. The zero-order valence-corrected chi connectivity index (χ0v) is 24.0. The number of fused-ring (bicyclic) bond motifs is 10. The summed E-state index contributed by atoms with van der Waals surface area (Å²) >= 11 is 7.34. The molecule has 0 atom stereocenters. The average molecular weight is 588 g/mol. The maximum atomic E-state index is 14.4. The zero-order chi connectivity index (χ0) is 29.5. The van der Waals surface area contributed by atoms with Gasteiger partial charge in [0.15, 0.2) is 0 Å².